The van der Waals surface area contributed by atoms with E-state index in [0.29, 0.717) is 16.4 Å². The lowest BCUT2D eigenvalue weighted by Gasteiger charge is -2.16. The molecule has 0 radical (unpaired) electrons. The molecule has 0 saturated heterocycles. The van der Waals surface area contributed by atoms with Crippen LogP contribution in [-0.2, 0) is 6.54 Å². The monoisotopic (exact) mass is 377 g/mol. The average Bonchev–Trinajstić information content (AvgIpc) is 3.09. The molecule has 134 valence electrons. The Hall–Kier alpha value is -2.87. The molecule has 9 heteroatoms. The Kier molecular flexibility index (Phi) is 5.22. The SMILES string of the molecule is CN(Cc1ccc(Cl)nc1)C(=O)c1nnn(-c2ccccc2)c1C(F)F. The predicted octanol–water partition coefficient (Wildman–Crippen LogP) is 3.53. The maximum atomic E-state index is 13.6. The van der Waals surface area contributed by atoms with E-state index in [0.717, 1.165) is 4.68 Å². The molecule has 2 heterocycles. The van der Waals surface area contributed by atoms with E-state index in [4.69, 9.17) is 11.6 Å². The van der Waals surface area contributed by atoms with Crippen molar-refractivity contribution in [2.24, 2.45) is 0 Å². The molecule has 0 unspecified atom stereocenters. The number of pyridine rings is 1. The van der Waals surface area contributed by atoms with E-state index in [9.17, 15) is 13.6 Å². The van der Waals surface area contributed by atoms with Gasteiger partial charge >= 0.3 is 0 Å². The molecule has 3 aromatic rings. The number of alkyl halides is 2. The molecule has 26 heavy (non-hydrogen) atoms. The predicted molar refractivity (Wildman–Crippen MR) is 91.4 cm³/mol. The van der Waals surface area contributed by atoms with Gasteiger partial charge < -0.3 is 4.90 Å². The van der Waals surface area contributed by atoms with Gasteiger partial charge in [0.2, 0.25) is 0 Å². The molecule has 0 aliphatic carbocycles. The zero-order valence-electron chi connectivity index (χ0n) is 13.7. The van der Waals surface area contributed by atoms with Crippen LogP contribution in [0.25, 0.3) is 5.69 Å². The summed E-state index contributed by atoms with van der Waals surface area (Å²) in [5, 5.41) is 7.76. The smallest absolute Gasteiger partial charge is 0.282 e. The van der Waals surface area contributed by atoms with Crippen LogP contribution < -0.4 is 0 Å². The molecule has 0 aliphatic heterocycles. The standard InChI is InChI=1S/C17H14ClF2N5O/c1-24(10-11-7-8-13(18)21-9-11)17(26)14-15(16(19)20)25(23-22-14)12-5-3-2-4-6-12/h2-9,16H,10H2,1H3. The van der Waals surface area contributed by atoms with E-state index in [2.05, 4.69) is 15.3 Å². The number of rotatable bonds is 5. The fraction of sp³-hybridized carbons (Fsp3) is 0.176. The normalized spacial score (nSPS) is 11.0. The van der Waals surface area contributed by atoms with Gasteiger partial charge in [-0.1, -0.05) is 41.1 Å². The van der Waals surface area contributed by atoms with Gasteiger partial charge in [-0.2, -0.15) is 0 Å². The minimum Gasteiger partial charge on any atom is -0.336 e. The fourth-order valence-electron chi connectivity index (χ4n) is 2.42. The largest absolute Gasteiger partial charge is 0.336 e. The van der Waals surface area contributed by atoms with Crippen molar-refractivity contribution in [1.82, 2.24) is 24.9 Å². The lowest BCUT2D eigenvalue weighted by atomic mass is 10.2. The van der Waals surface area contributed by atoms with Crippen molar-refractivity contribution in [3.8, 4) is 5.69 Å². The van der Waals surface area contributed by atoms with Gasteiger partial charge in [0.15, 0.2) is 5.69 Å². The molecule has 0 saturated carbocycles. The van der Waals surface area contributed by atoms with E-state index in [-0.39, 0.29) is 12.2 Å². The summed E-state index contributed by atoms with van der Waals surface area (Å²) in [6.07, 6.45) is -1.39. The number of nitrogens with zero attached hydrogens (tertiary/aromatic N) is 5. The summed E-state index contributed by atoms with van der Waals surface area (Å²) in [6, 6.07) is 11.6. The highest BCUT2D eigenvalue weighted by Gasteiger charge is 2.29. The van der Waals surface area contributed by atoms with Crippen molar-refractivity contribution in [1.29, 1.82) is 0 Å². The molecule has 0 atom stereocenters. The molecule has 6 nitrogen and oxygen atoms in total. The summed E-state index contributed by atoms with van der Waals surface area (Å²) >= 11 is 5.73. The van der Waals surface area contributed by atoms with E-state index < -0.39 is 18.0 Å². The molecule has 0 N–H and O–H groups in total. The van der Waals surface area contributed by atoms with Crippen LogP contribution in [0.15, 0.2) is 48.7 Å². The lowest BCUT2D eigenvalue weighted by Crippen LogP contribution is -2.27. The van der Waals surface area contributed by atoms with Crippen molar-refractivity contribution < 1.29 is 13.6 Å². The topological polar surface area (TPSA) is 63.9 Å². The molecule has 2 aromatic heterocycles. The molecule has 0 aliphatic rings. The van der Waals surface area contributed by atoms with Crippen molar-refractivity contribution >= 4 is 17.5 Å². The van der Waals surface area contributed by atoms with Gasteiger partial charge in [0, 0.05) is 19.8 Å². The molecule has 1 amide bonds. The first kappa shape index (κ1) is 17.9. The van der Waals surface area contributed by atoms with Gasteiger partial charge in [-0.05, 0) is 23.8 Å². The van der Waals surface area contributed by atoms with Crippen molar-refractivity contribution in [3.05, 3.63) is 70.8 Å². The Bertz CT molecular complexity index is 899. The number of amides is 1. The summed E-state index contributed by atoms with van der Waals surface area (Å²) in [7, 11) is 1.49. The van der Waals surface area contributed by atoms with Crippen LogP contribution >= 0.6 is 11.6 Å². The molecule has 0 fully saturated rings. The Balaban J connectivity index is 1.89. The van der Waals surface area contributed by atoms with Crippen LogP contribution in [0.1, 0.15) is 28.2 Å². The third-order valence-corrected chi connectivity index (χ3v) is 3.89. The first-order chi connectivity index (χ1) is 12.5. The minimum atomic E-state index is -2.91. The van der Waals surface area contributed by atoms with E-state index >= 15 is 0 Å². The Morgan fingerprint density at radius 3 is 2.58 bits per heavy atom. The van der Waals surface area contributed by atoms with Crippen LogP contribution in [0.3, 0.4) is 0 Å². The number of carbonyl (C=O) groups is 1. The number of halogens is 3. The zero-order valence-corrected chi connectivity index (χ0v) is 14.4. The molecule has 1 aromatic carbocycles. The van der Waals surface area contributed by atoms with Crippen molar-refractivity contribution in [2.45, 2.75) is 13.0 Å². The van der Waals surface area contributed by atoms with Gasteiger partial charge in [0.1, 0.15) is 10.8 Å². The number of hydrogen-bond donors (Lipinski definition) is 0. The number of benzene rings is 1. The Morgan fingerprint density at radius 1 is 1.23 bits per heavy atom. The van der Waals surface area contributed by atoms with Crippen LogP contribution in [0.5, 0.6) is 0 Å². The highest BCUT2D eigenvalue weighted by atomic mass is 35.5. The van der Waals surface area contributed by atoms with Crippen LogP contribution in [0, 0.1) is 0 Å². The summed E-state index contributed by atoms with van der Waals surface area (Å²) in [5.74, 6) is -0.655. The van der Waals surface area contributed by atoms with E-state index in [1.165, 1.54) is 18.1 Å². The van der Waals surface area contributed by atoms with Gasteiger partial charge in [-0.3, -0.25) is 4.79 Å². The summed E-state index contributed by atoms with van der Waals surface area (Å²) in [6.45, 7) is 0.171. The number of para-hydroxylation sites is 1. The summed E-state index contributed by atoms with van der Waals surface area (Å²) in [4.78, 5) is 17.8. The maximum Gasteiger partial charge on any atom is 0.282 e. The maximum absolute atomic E-state index is 13.6. The Morgan fingerprint density at radius 2 is 1.96 bits per heavy atom. The average molecular weight is 378 g/mol. The highest BCUT2D eigenvalue weighted by molar-refractivity contribution is 6.29. The minimum absolute atomic E-state index is 0.171. The Labute approximate surface area is 153 Å². The van der Waals surface area contributed by atoms with Crippen LogP contribution in [-0.4, -0.2) is 37.8 Å². The van der Waals surface area contributed by atoms with Gasteiger partial charge in [0.25, 0.3) is 12.3 Å². The van der Waals surface area contributed by atoms with E-state index in [1.807, 2.05) is 0 Å². The number of aromatic nitrogens is 4. The first-order valence-electron chi connectivity index (χ1n) is 7.62. The van der Waals surface area contributed by atoms with Crippen LogP contribution in [0.4, 0.5) is 8.78 Å². The lowest BCUT2D eigenvalue weighted by molar-refractivity contribution is 0.0765. The van der Waals surface area contributed by atoms with Crippen LogP contribution in [0.2, 0.25) is 5.15 Å². The zero-order chi connectivity index (χ0) is 18.7. The molecular formula is C17H14ClF2N5O. The highest BCUT2D eigenvalue weighted by Crippen LogP contribution is 2.25. The summed E-state index contributed by atoms with van der Waals surface area (Å²) in [5.41, 5.74) is 0.189. The fourth-order valence-corrected chi connectivity index (χ4v) is 2.54. The third kappa shape index (κ3) is 3.70. The van der Waals surface area contributed by atoms with Crippen molar-refractivity contribution in [2.75, 3.05) is 7.05 Å². The quantitative estimate of drug-likeness (QED) is 0.638. The van der Waals surface area contributed by atoms with Gasteiger partial charge in [-0.25, -0.2) is 18.4 Å². The first-order valence-corrected chi connectivity index (χ1v) is 8.00. The second-order valence-corrected chi connectivity index (χ2v) is 5.91. The number of carbonyl (C=O) groups excluding carboxylic acids is 1. The molecule has 0 spiro atoms. The molecule has 3 rings (SSSR count). The second kappa shape index (κ2) is 7.57. The van der Waals surface area contributed by atoms with Crippen molar-refractivity contribution in [3.63, 3.8) is 0 Å². The molecular weight excluding hydrogens is 364 g/mol. The summed E-state index contributed by atoms with van der Waals surface area (Å²) < 4.78 is 28.2. The van der Waals surface area contributed by atoms with Gasteiger partial charge in [0.05, 0.1) is 5.69 Å². The molecule has 0 bridgehead atoms. The van der Waals surface area contributed by atoms with E-state index in [1.54, 1.807) is 42.5 Å². The third-order valence-electron chi connectivity index (χ3n) is 3.67. The number of hydrogen-bond acceptors (Lipinski definition) is 4. The second-order valence-electron chi connectivity index (χ2n) is 5.52. The van der Waals surface area contributed by atoms with Gasteiger partial charge in [-0.15, -0.1) is 5.10 Å².